The molecule has 0 spiro atoms. The number of benzene rings is 1. The standard InChI is InChI=1S/C15H14N6O2/c1-23-14-7-6-11(8-16-14)9-17-15(22)12-4-2-3-5-13(12)21-10-18-19-20-21/h2-8,10H,9H2,1H3,(H,17,22). The molecule has 1 aromatic carbocycles. The van der Waals surface area contributed by atoms with Crippen LogP contribution in [0.25, 0.3) is 5.69 Å². The second kappa shape index (κ2) is 6.65. The molecular formula is C15H14N6O2. The lowest BCUT2D eigenvalue weighted by molar-refractivity contribution is 0.0950. The Bertz CT molecular complexity index is 786. The van der Waals surface area contributed by atoms with Crippen molar-refractivity contribution in [3.63, 3.8) is 0 Å². The summed E-state index contributed by atoms with van der Waals surface area (Å²) in [5, 5.41) is 13.9. The van der Waals surface area contributed by atoms with Gasteiger partial charge in [0, 0.05) is 18.8 Å². The lowest BCUT2D eigenvalue weighted by Crippen LogP contribution is -2.24. The highest BCUT2D eigenvalue weighted by atomic mass is 16.5. The Morgan fingerprint density at radius 1 is 1.26 bits per heavy atom. The molecule has 3 rings (SSSR count). The third-order valence-electron chi connectivity index (χ3n) is 3.20. The van der Waals surface area contributed by atoms with Gasteiger partial charge in [-0.1, -0.05) is 18.2 Å². The summed E-state index contributed by atoms with van der Waals surface area (Å²) < 4.78 is 6.45. The third-order valence-corrected chi connectivity index (χ3v) is 3.20. The van der Waals surface area contributed by atoms with Gasteiger partial charge in [-0.3, -0.25) is 4.79 Å². The van der Waals surface area contributed by atoms with Crippen molar-refractivity contribution in [2.45, 2.75) is 6.54 Å². The number of nitrogens with one attached hydrogen (secondary N) is 1. The molecule has 0 saturated heterocycles. The number of hydrogen-bond acceptors (Lipinski definition) is 6. The number of amides is 1. The molecule has 8 nitrogen and oxygen atoms in total. The molecule has 0 fully saturated rings. The van der Waals surface area contributed by atoms with Crippen LogP contribution >= 0.6 is 0 Å². The van der Waals surface area contributed by atoms with Crippen LogP contribution in [0.1, 0.15) is 15.9 Å². The van der Waals surface area contributed by atoms with Gasteiger partial charge in [0.1, 0.15) is 6.33 Å². The van der Waals surface area contributed by atoms with Crippen molar-refractivity contribution in [1.82, 2.24) is 30.5 Å². The average Bonchev–Trinajstić information content (AvgIpc) is 3.14. The van der Waals surface area contributed by atoms with Gasteiger partial charge in [0.05, 0.1) is 18.4 Å². The molecule has 0 atom stereocenters. The first-order valence-corrected chi connectivity index (χ1v) is 6.87. The molecule has 0 aliphatic rings. The van der Waals surface area contributed by atoms with Gasteiger partial charge in [0.25, 0.3) is 5.91 Å². The fourth-order valence-electron chi connectivity index (χ4n) is 2.05. The highest BCUT2D eigenvalue weighted by Gasteiger charge is 2.12. The SMILES string of the molecule is COc1ccc(CNC(=O)c2ccccc2-n2cnnn2)cn1. The fraction of sp³-hybridized carbons (Fsp3) is 0.133. The van der Waals surface area contributed by atoms with Gasteiger partial charge in [-0.15, -0.1) is 5.10 Å². The second-order valence-electron chi connectivity index (χ2n) is 4.66. The van der Waals surface area contributed by atoms with E-state index in [0.29, 0.717) is 23.7 Å². The molecule has 3 aromatic rings. The van der Waals surface area contributed by atoms with E-state index in [1.165, 1.54) is 11.0 Å². The normalized spacial score (nSPS) is 10.3. The highest BCUT2D eigenvalue weighted by molar-refractivity contribution is 5.97. The van der Waals surface area contributed by atoms with E-state index in [4.69, 9.17) is 4.74 Å². The number of tetrazole rings is 1. The Morgan fingerprint density at radius 3 is 2.83 bits per heavy atom. The molecule has 0 saturated carbocycles. The Morgan fingerprint density at radius 2 is 2.13 bits per heavy atom. The Hall–Kier alpha value is -3.29. The summed E-state index contributed by atoms with van der Waals surface area (Å²) in [5.41, 5.74) is 1.98. The van der Waals surface area contributed by atoms with Gasteiger partial charge in [-0.25, -0.2) is 4.98 Å². The number of hydrogen-bond donors (Lipinski definition) is 1. The van der Waals surface area contributed by atoms with E-state index in [9.17, 15) is 4.79 Å². The van der Waals surface area contributed by atoms with E-state index >= 15 is 0 Å². The summed E-state index contributed by atoms with van der Waals surface area (Å²) in [7, 11) is 1.56. The molecule has 0 bridgehead atoms. The summed E-state index contributed by atoms with van der Waals surface area (Å²) in [5.74, 6) is 0.316. The van der Waals surface area contributed by atoms with Gasteiger partial charge < -0.3 is 10.1 Å². The van der Waals surface area contributed by atoms with Crippen molar-refractivity contribution in [2.24, 2.45) is 0 Å². The molecule has 0 aliphatic heterocycles. The summed E-state index contributed by atoms with van der Waals surface area (Å²) in [4.78, 5) is 16.5. The van der Waals surface area contributed by atoms with Crippen LogP contribution in [0.3, 0.4) is 0 Å². The van der Waals surface area contributed by atoms with Crippen molar-refractivity contribution in [3.8, 4) is 11.6 Å². The average molecular weight is 310 g/mol. The third kappa shape index (κ3) is 3.31. The number of para-hydroxylation sites is 1. The maximum absolute atomic E-state index is 12.4. The molecule has 1 N–H and O–H groups in total. The second-order valence-corrected chi connectivity index (χ2v) is 4.66. The van der Waals surface area contributed by atoms with E-state index in [-0.39, 0.29) is 5.91 Å². The molecule has 0 aliphatic carbocycles. The molecule has 0 radical (unpaired) electrons. The van der Waals surface area contributed by atoms with Gasteiger partial charge >= 0.3 is 0 Å². The molecule has 8 heteroatoms. The first-order chi connectivity index (χ1) is 11.3. The highest BCUT2D eigenvalue weighted by Crippen LogP contribution is 2.13. The van der Waals surface area contributed by atoms with E-state index in [1.807, 2.05) is 12.1 Å². The monoisotopic (exact) mass is 310 g/mol. The molecule has 2 aromatic heterocycles. The van der Waals surface area contributed by atoms with E-state index in [1.54, 1.807) is 37.6 Å². The van der Waals surface area contributed by atoms with Gasteiger partial charge in [-0.2, -0.15) is 4.68 Å². The first kappa shape index (κ1) is 14.6. The molecule has 23 heavy (non-hydrogen) atoms. The van der Waals surface area contributed by atoms with Crippen LogP contribution in [0, 0.1) is 0 Å². The topological polar surface area (TPSA) is 94.8 Å². The minimum Gasteiger partial charge on any atom is -0.481 e. The quantitative estimate of drug-likeness (QED) is 0.755. The van der Waals surface area contributed by atoms with E-state index in [2.05, 4.69) is 25.8 Å². The fourth-order valence-corrected chi connectivity index (χ4v) is 2.05. The van der Waals surface area contributed by atoms with Crippen LogP contribution in [0.5, 0.6) is 5.88 Å². The number of rotatable bonds is 5. The van der Waals surface area contributed by atoms with Crippen LogP contribution in [0.2, 0.25) is 0 Å². The van der Waals surface area contributed by atoms with Crippen LogP contribution in [-0.4, -0.2) is 38.2 Å². The number of methoxy groups -OCH3 is 1. The number of ether oxygens (including phenoxy) is 1. The minimum atomic E-state index is -0.216. The van der Waals surface area contributed by atoms with Crippen molar-refractivity contribution >= 4 is 5.91 Å². The molecule has 1 amide bonds. The van der Waals surface area contributed by atoms with Crippen molar-refractivity contribution < 1.29 is 9.53 Å². The predicted octanol–water partition coefficient (Wildman–Crippen LogP) is 0.996. The number of carbonyl (C=O) groups is 1. The maximum Gasteiger partial charge on any atom is 0.253 e. The Labute approximate surface area is 132 Å². The number of nitrogens with zero attached hydrogens (tertiary/aromatic N) is 5. The van der Waals surface area contributed by atoms with Crippen LogP contribution in [0.15, 0.2) is 48.9 Å². The zero-order chi connectivity index (χ0) is 16.1. The zero-order valence-electron chi connectivity index (χ0n) is 12.4. The van der Waals surface area contributed by atoms with Crippen molar-refractivity contribution in [2.75, 3.05) is 7.11 Å². The molecule has 2 heterocycles. The van der Waals surface area contributed by atoms with E-state index in [0.717, 1.165) is 5.56 Å². The molecular weight excluding hydrogens is 296 g/mol. The largest absolute Gasteiger partial charge is 0.481 e. The Balaban J connectivity index is 1.73. The number of carbonyl (C=O) groups excluding carboxylic acids is 1. The smallest absolute Gasteiger partial charge is 0.253 e. The molecule has 0 unspecified atom stereocenters. The summed E-state index contributed by atoms with van der Waals surface area (Å²) >= 11 is 0. The Kier molecular flexibility index (Phi) is 4.23. The lowest BCUT2D eigenvalue weighted by Gasteiger charge is -2.09. The summed E-state index contributed by atoms with van der Waals surface area (Å²) in [6.07, 6.45) is 3.10. The van der Waals surface area contributed by atoms with Crippen LogP contribution < -0.4 is 10.1 Å². The van der Waals surface area contributed by atoms with Gasteiger partial charge in [-0.05, 0) is 28.1 Å². The van der Waals surface area contributed by atoms with E-state index < -0.39 is 0 Å². The number of aromatic nitrogens is 5. The number of pyridine rings is 1. The predicted molar refractivity (Wildman–Crippen MR) is 81.1 cm³/mol. The van der Waals surface area contributed by atoms with Crippen molar-refractivity contribution in [3.05, 3.63) is 60.0 Å². The van der Waals surface area contributed by atoms with Crippen molar-refractivity contribution in [1.29, 1.82) is 0 Å². The minimum absolute atomic E-state index is 0.216. The molecule has 116 valence electrons. The van der Waals surface area contributed by atoms with Crippen LogP contribution in [0.4, 0.5) is 0 Å². The van der Waals surface area contributed by atoms with Gasteiger partial charge in [0.15, 0.2) is 0 Å². The zero-order valence-corrected chi connectivity index (χ0v) is 12.4. The lowest BCUT2D eigenvalue weighted by atomic mass is 10.1. The summed E-state index contributed by atoms with van der Waals surface area (Å²) in [6.45, 7) is 0.361. The summed E-state index contributed by atoms with van der Waals surface area (Å²) in [6, 6.07) is 10.7. The van der Waals surface area contributed by atoms with Crippen LogP contribution in [-0.2, 0) is 6.54 Å². The van der Waals surface area contributed by atoms with Gasteiger partial charge in [0.2, 0.25) is 5.88 Å². The first-order valence-electron chi connectivity index (χ1n) is 6.87. The maximum atomic E-state index is 12.4.